The number of amides is 1. The van der Waals surface area contributed by atoms with E-state index in [0.717, 1.165) is 12.3 Å². The van der Waals surface area contributed by atoms with Crippen molar-refractivity contribution in [2.45, 2.75) is 64.8 Å². The van der Waals surface area contributed by atoms with Crippen molar-refractivity contribution in [2.24, 2.45) is 11.3 Å². The maximum Gasteiger partial charge on any atom is 0.220 e. The number of hydrogen-bond acceptors (Lipinski definition) is 1. The van der Waals surface area contributed by atoms with Crippen molar-refractivity contribution >= 4 is 5.91 Å². The molecule has 1 heterocycles. The Hall–Kier alpha value is -0.530. The second kappa shape index (κ2) is 4.15. The quantitative estimate of drug-likeness (QED) is 0.744. The maximum atomic E-state index is 11.4. The summed E-state index contributed by atoms with van der Waals surface area (Å²) in [6.07, 6.45) is 8.68. The fourth-order valence-electron chi connectivity index (χ4n) is 3.48. The molecule has 86 valence electrons. The molecule has 1 spiro atoms. The number of carbonyl (C=O) groups is 1. The molecular weight excluding hydrogens is 186 g/mol. The molecular formula is C13H23NO. The van der Waals surface area contributed by atoms with E-state index in [4.69, 9.17) is 0 Å². The van der Waals surface area contributed by atoms with Crippen molar-refractivity contribution < 1.29 is 4.79 Å². The van der Waals surface area contributed by atoms with Gasteiger partial charge in [0, 0.05) is 12.5 Å². The normalized spacial score (nSPS) is 40.8. The van der Waals surface area contributed by atoms with Crippen LogP contribution in [-0.4, -0.2) is 11.9 Å². The topological polar surface area (TPSA) is 29.1 Å². The minimum Gasteiger partial charge on any atom is -0.353 e. The minimum absolute atomic E-state index is 0.274. The highest BCUT2D eigenvalue weighted by Gasteiger charge is 2.45. The van der Waals surface area contributed by atoms with Crippen LogP contribution in [-0.2, 0) is 4.79 Å². The van der Waals surface area contributed by atoms with Crippen LogP contribution in [0.4, 0.5) is 0 Å². The van der Waals surface area contributed by atoms with Crippen molar-refractivity contribution in [3.05, 3.63) is 0 Å². The highest BCUT2D eigenvalue weighted by atomic mass is 16.2. The van der Waals surface area contributed by atoms with Gasteiger partial charge in [-0.2, -0.15) is 0 Å². The fraction of sp³-hybridized carbons (Fsp3) is 0.923. The highest BCUT2D eigenvalue weighted by Crippen LogP contribution is 2.47. The van der Waals surface area contributed by atoms with E-state index in [1.54, 1.807) is 0 Å². The molecule has 1 saturated carbocycles. The van der Waals surface area contributed by atoms with Crippen LogP contribution in [0.25, 0.3) is 0 Å². The summed E-state index contributed by atoms with van der Waals surface area (Å²) in [5, 5.41) is 3.09. The van der Waals surface area contributed by atoms with Gasteiger partial charge in [-0.15, -0.1) is 0 Å². The number of carbonyl (C=O) groups excluding carboxylic acids is 1. The Bertz CT molecular complexity index is 241. The molecule has 2 fully saturated rings. The molecule has 1 atom stereocenters. The van der Waals surface area contributed by atoms with E-state index in [-0.39, 0.29) is 5.91 Å². The molecule has 0 radical (unpaired) electrons. The van der Waals surface area contributed by atoms with Crippen molar-refractivity contribution in [1.82, 2.24) is 5.32 Å². The standard InChI is InChI=1S/C13H23NO/c1-3-4-11-5-7-13(8-6-11)9-12(15)14-10(13)2/h10-11H,3-9H2,1-2H3,(H,14,15). The van der Waals surface area contributed by atoms with Gasteiger partial charge in [0.15, 0.2) is 0 Å². The lowest BCUT2D eigenvalue weighted by molar-refractivity contribution is -0.119. The van der Waals surface area contributed by atoms with Crippen LogP contribution in [0.2, 0.25) is 0 Å². The Kier molecular flexibility index (Phi) is 3.03. The van der Waals surface area contributed by atoms with Crippen LogP contribution in [0.5, 0.6) is 0 Å². The first-order valence-corrected chi connectivity index (χ1v) is 6.45. The molecule has 15 heavy (non-hydrogen) atoms. The molecule has 0 aromatic heterocycles. The van der Waals surface area contributed by atoms with E-state index < -0.39 is 0 Å². The van der Waals surface area contributed by atoms with Gasteiger partial charge in [-0.3, -0.25) is 4.79 Å². The minimum atomic E-state index is 0.274. The molecule has 0 aromatic carbocycles. The van der Waals surface area contributed by atoms with Gasteiger partial charge < -0.3 is 5.32 Å². The van der Waals surface area contributed by atoms with Crippen molar-refractivity contribution in [3.8, 4) is 0 Å². The highest BCUT2D eigenvalue weighted by molar-refractivity contribution is 5.79. The van der Waals surface area contributed by atoms with Crippen molar-refractivity contribution in [3.63, 3.8) is 0 Å². The van der Waals surface area contributed by atoms with Crippen LogP contribution in [0.1, 0.15) is 58.8 Å². The molecule has 0 bridgehead atoms. The summed E-state index contributed by atoms with van der Waals surface area (Å²) in [6, 6.07) is 0.410. The summed E-state index contributed by atoms with van der Waals surface area (Å²) >= 11 is 0. The largest absolute Gasteiger partial charge is 0.353 e. The van der Waals surface area contributed by atoms with Crippen LogP contribution in [0.3, 0.4) is 0 Å². The third kappa shape index (κ3) is 2.04. The summed E-state index contributed by atoms with van der Waals surface area (Å²) < 4.78 is 0. The summed E-state index contributed by atoms with van der Waals surface area (Å²) in [5.41, 5.74) is 0.321. The van der Waals surface area contributed by atoms with E-state index in [2.05, 4.69) is 19.2 Å². The van der Waals surface area contributed by atoms with Gasteiger partial charge in [0.25, 0.3) is 0 Å². The van der Waals surface area contributed by atoms with E-state index in [1.165, 1.54) is 38.5 Å². The molecule has 1 aliphatic heterocycles. The fourth-order valence-corrected chi connectivity index (χ4v) is 3.48. The first-order chi connectivity index (χ1) is 7.16. The summed E-state index contributed by atoms with van der Waals surface area (Å²) in [6.45, 7) is 4.46. The molecule has 2 heteroatoms. The van der Waals surface area contributed by atoms with Gasteiger partial charge in [-0.25, -0.2) is 0 Å². The molecule has 2 nitrogen and oxygen atoms in total. The molecule has 1 amide bonds. The predicted octanol–water partition coefficient (Wildman–Crippen LogP) is 2.87. The molecule has 1 aliphatic carbocycles. The van der Waals surface area contributed by atoms with Crippen LogP contribution in [0.15, 0.2) is 0 Å². The zero-order valence-corrected chi connectivity index (χ0v) is 10.0. The molecule has 1 N–H and O–H groups in total. The lowest BCUT2D eigenvalue weighted by atomic mass is 9.66. The lowest BCUT2D eigenvalue weighted by Gasteiger charge is -2.39. The SMILES string of the molecule is CCCC1CCC2(CC1)CC(=O)NC2C. The van der Waals surface area contributed by atoms with Crippen molar-refractivity contribution in [2.75, 3.05) is 0 Å². The average Bonchev–Trinajstić information content (AvgIpc) is 2.47. The second-order valence-electron chi connectivity index (χ2n) is 5.56. The van der Waals surface area contributed by atoms with E-state index in [9.17, 15) is 4.79 Å². The summed E-state index contributed by atoms with van der Waals surface area (Å²) in [7, 11) is 0. The summed E-state index contributed by atoms with van der Waals surface area (Å²) in [4.78, 5) is 11.4. The maximum absolute atomic E-state index is 11.4. The smallest absolute Gasteiger partial charge is 0.220 e. The van der Waals surface area contributed by atoms with Gasteiger partial charge in [0.1, 0.15) is 0 Å². The zero-order valence-electron chi connectivity index (χ0n) is 10.0. The number of rotatable bonds is 2. The third-order valence-electron chi connectivity index (χ3n) is 4.61. The average molecular weight is 209 g/mol. The van der Waals surface area contributed by atoms with E-state index in [0.29, 0.717) is 11.5 Å². The van der Waals surface area contributed by atoms with Crippen molar-refractivity contribution in [1.29, 1.82) is 0 Å². The van der Waals surface area contributed by atoms with Crippen LogP contribution < -0.4 is 5.32 Å². The molecule has 0 aromatic rings. The molecule has 2 aliphatic rings. The van der Waals surface area contributed by atoms with Gasteiger partial charge >= 0.3 is 0 Å². The first kappa shape index (κ1) is 11.0. The third-order valence-corrected chi connectivity index (χ3v) is 4.61. The van der Waals surface area contributed by atoms with Crippen LogP contribution in [0, 0.1) is 11.3 Å². The van der Waals surface area contributed by atoms with Gasteiger partial charge in [0.2, 0.25) is 5.91 Å². The zero-order chi connectivity index (χ0) is 10.9. The van der Waals surface area contributed by atoms with Gasteiger partial charge in [-0.05, 0) is 43.9 Å². The summed E-state index contributed by atoms with van der Waals surface area (Å²) in [5.74, 6) is 1.21. The van der Waals surface area contributed by atoms with E-state index >= 15 is 0 Å². The Labute approximate surface area is 92.8 Å². The Balaban J connectivity index is 1.94. The van der Waals surface area contributed by atoms with Crippen LogP contribution >= 0.6 is 0 Å². The lowest BCUT2D eigenvalue weighted by Crippen LogP contribution is -2.37. The number of nitrogens with one attached hydrogen (secondary N) is 1. The van der Waals surface area contributed by atoms with Gasteiger partial charge in [-0.1, -0.05) is 19.8 Å². The predicted molar refractivity (Wildman–Crippen MR) is 61.5 cm³/mol. The molecule has 2 rings (SSSR count). The Morgan fingerprint density at radius 3 is 2.53 bits per heavy atom. The van der Waals surface area contributed by atoms with E-state index in [1.807, 2.05) is 0 Å². The monoisotopic (exact) mass is 209 g/mol. The molecule has 1 unspecified atom stereocenters. The molecule has 1 saturated heterocycles. The first-order valence-electron chi connectivity index (χ1n) is 6.45. The van der Waals surface area contributed by atoms with Gasteiger partial charge in [0.05, 0.1) is 0 Å². The number of hydrogen-bond donors (Lipinski definition) is 1. The Morgan fingerprint density at radius 1 is 1.40 bits per heavy atom. The Morgan fingerprint density at radius 2 is 2.07 bits per heavy atom. The second-order valence-corrected chi connectivity index (χ2v) is 5.56.